The van der Waals surface area contributed by atoms with E-state index >= 15 is 0 Å². The molecular weight excluding hydrogens is 294 g/mol. The highest BCUT2D eigenvalue weighted by Gasteiger charge is 2.08. The molecule has 0 bridgehead atoms. The lowest BCUT2D eigenvalue weighted by molar-refractivity contribution is 0.0955. The standard InChI is InChI=1S/C15H16ClNO2S/c1-10(2)19-12-5-3-11(4-6-12)9-17-15(18)13-7-8-14(16)20-13/h3-8,10H,9H2,1-2H3,(H,17,18). The molecule has 5 heteroatoms. The molecule has 1 N–H and O–H groups in total. The Bertz CT molecular complexity index is 578. The van der Waals surface area contributed by atoms with Crippen LogP contribution in [0.3, 0.4) is 0 Å². The minimum absolute atomic E-state index is 0.107. The largest absolute Gasteiger partial charge is 0.491 e. The van der Waals surface area contributed by atoms with Gasteiger partial charge in [-0.15, -0.1) is 11.3 Å². The van der Waals surface area contributed by atoms with E-state index < -0.39 is 0 Å². The van der Waals surface area contributed by atoms with Crippen LogP contribution in [-0.2, 0) is 6.54 Å². The summed E-state index contributed by atoms with van der Waals surface area (Å²) in [5.41, 5.74) is 1.03. The topological polar surface area (TPSA) is 38.3 Å². The number of nitrogens with one attached hydrogen (secondary N) is 1. The molecule has 0 saturated carbocycles. The van der Waals surface area contributed by atoms with Crippen LogP contribution >= 0.6 is 22.9 Å². The highest BCUT2D eigenvalue weighted by molar-refractivity contribution is 7.17. The summed E-state index contributed by atoms with van der Waals surface area (Å²) in [6.45, 7) is 4.46. The number of hydrogen-bond donors (Lipinski definition) is 1. The average molecular weight is 310 g/mol. The highest BCUT2D eigenvalue weighted by atomic mass is 35.5. The lowest BCUT2D eigenvalue weighted by atomic mass is 10.2. The smallest absolute Gasteiger partial charge is 0.261 e. The molecule has 2 aromatic rings. The van der Waals surface area contributed by atoms with Crippen molar-refractivity contribution in [3.05, 3.63) is 51.2 Å². The number of halogens is 1. The molecule has 20 heavy (non-hydrogen) atoms. The lowest BCUT2D eigenvalue weighted by Gasteiger charge is -2.10. The zero-order chi connectivity index (χ0) is 14.5. The van der Waals surface area contributed by atoms with Crippen LogP contribution in [0.15, 0.2) is 36.4 Å². The highest BCUT2D eigenvalue weighted by Crippen LogP contribution is 2.21. The summed E-state index contributed by atoms with van der Waals surface area (Å²) in [7, 11) is 0. The van der Waals surface area contributed by atoms with Crippen molar-refractivity contribution in [3.63, 3.8) is 0 Å². The monoisotopic (exact) mass is 309 g/mol. The number of carbonyl (C=O) groups excluding carboxylic acids is 1. The fourth-order valence-electron chi connectivity index (χ4n) is 1.66. The summed E-state index contributed by atoms with van der Waals surface area (Å²) in [4.78, 5) is 12.5. The van der Waals surface area contributed by atoms with E-state index in [-0.39, 0.29) is 12.0 Å². The Hall–Kier alpha value is -1.52. The summed E-state index contributed by atoms with van der Waals surface area (Å²) in [5.74, 6) is 0.726. The predicted octanol–water partition coefficient (Wildman–Crippen LogP) is 4.12. The van der Waals surface area contributed by atoms with Crippen molar-refractivity contribution < 1.29 is 9.53 Å². The van der Waals surface area contributed by atoms with Crippen LogP contribution in [0, 0.1) is 0 Å². The van der Waals surface area contributed by atoms with Gasteiger partial charge in [0.2, 0.25) is 0 Å². The maximum absolute atomic E-state index is 11.9. The van der Waals surface area contributed by atoms with Crippen LogP contribution in [0.25, 0.3) is 0 Å². The van der Waals surface area contributed by atoms with Gasteiger partial charge in [-0.1, -0.05) is 23.7 Å². The van der Waals surface area contributed by atoms with Crippen LogP contribution < -0.4 is 10.1 Å². The molecule has 0 aliphatic rings. The number of rotatable bonds is 5. The molecule has 3 nitrogen and oxygen atoms in total. The van der Waals surface area contributed by atoms with Gasteiger partial charge in [0.05, 0.1) is 15.3 Å². The second-order valence-corrected chi connectivity index (χ2v) is 6.31. The molecule has 0 aliphatic heterocycles. The Morgan fingerprint density at radius 1 is 1.25 bits per heavy atom. The second-order valence-electron chi connectivity index (χ2n) is 4.60. The Kier molecular flexibility index (Phi) is 5.04. The van der Waals surface area contributed by atoms with E-state index in [1.54, 1.807) is 12.1 Å². The van der Waals surface area contributed by atoms with Crippen LogP contribution in [0.2, 0.25) is 4.34 Å². The van der Waals surface area contributed by atoms with Gasteiger partial charge in [-0.2, -0.15) is 0 Å². The molecule has 2 rings (SSSR count). The number of amides is 1. The molecule has 0 unspecified atom stereocenters. The first-order valence-electron chi connectivity index (χ1n) is 6.34. The Morgan fingerprint density at radius 2 is 1.95 bits per heavy atom. The Labute approximate surface area is 127 Å². The van der Waals surface area contributed by atoms with Crippen molar-refractivity contribution in [2.45, 2.75) is 26.5 Å². The predicted molar refractivity (Wildman–Crippen MR) is 82.7 cm³/mol. The zero-order valence-corrected chi connectivity index (χ0v) is 12.9. The van der Waals surface area contributed by atoms with Gasteiger partial charge in [-0.25, -0.2) is 0 Å². The molecule has 1 aromatic heterocycles. The molecule has 0 aliphatic carbocycles. The first-order chi connectivity index (χ1) is 9.54. The third-order valence-electron chi connectivity index (χ3n) is 2.55. The van der Waals surface area contributed by atoms with E-state index in [1.165, 1.54) is 11.3 Å². The minimum atomic E-state index is -0.107. The molecule has 1 aromatic carbocycles. The Balaban J connectivity index is 1.89. The zero-order valence-electron chi connectivity index (χ0n) is 11.4. The number of ether oxygens (including phenoxy) is 1. The van der Waals surface area contributed by atoms with Crippen molar-refractivity contribution in [2.75, 3.05) is 0 Å². The quantitative estimate of drug-likeness (QED) is 0.902. The van der Waals surface area contributed by atoms with E-state index in [4.69, 9.17) is 16.3 Å². The molecule has 0 fully saturated rings. The van der Waals surface area contributed by atoms with Crippen LogP contribution in [-0.4, -0.2) is 12.0 Å². The summed E-state index contributed by atoms with van der Waals surface area (Å²) in [6, 6.07) is 11.1. The normalized spacial score (nSPS) is 10.6. The SMILES string of the molecule is CC(C)Oc1ccc(CNC(=O)c2ccc(Cl)s2)cc1. The van der Waals surface area contributed by atoms with Gasteiger partial charge < -0.3 is 10.1 Å². The van der Waals surface area contributed by atoms with Gasteiger partial charge >= 0.3 is 0 Å². The second kappa shape index (κ2) is 6.77. The summed E-state index contributed by atoms with van der Waals surface area (Å²) >= 11 is 7.08. The molecule has 0 atom stereocenters. The van der Waals surface area contributed by atoms with Gasteiger partial charge in [0.1, 0.15) is 5.75 Å². The third kappa shape index (κ3) is 4.25. The van der Waals surface area contributed by atoms with Crippen molar-refractivity contribution >= 4 is 28.8 Å². The first kappa shape index (κ1) is 14.9. The number of thiophene rings is 1. The minimum Gasteiger partial charge on any atom is -0.491 e. The van der Waals surface area contributed by atoms with Gasteiger partial charge in [0, 0.05) is 6.54 Å². The molecule has 1 heterocycles. The van der Waals surface area contributed by atoms with Crippen LogP contribution in [0.4, 0.5) is 0 Å². The van der Waals surface area contributed by atoms with Gasteiger partial charge in [-0.05, 0) is 43.7 Å². The Morgan fingerprint density at radius 3 is 2.50 bits per heavy atom. The van der Waals surface area contributed by atoms with E-state index in [2.05, 4.69) is 5.32 Å². The molecule has 106 valence electrons. The lowest BCUT2D eigenvalue weighted by Crippen LogP contribution is -2.21. The summed E-state index contributed by atoms with van der Waals surface area (Å²) < 4.78 is 6.18. The van der Waals surface area contributed by atoms with Gasteiger partial charge in [-0.3, -0.25) is 4.79 Å². The van der Waals surface area contributed by atoms with E-state index in [1.807, 2.05) is 38.1 Å². The summed E-state index contributed by atoms with van der Waals surface area (Å²) in [6.07, 6.45) is 0.157. The first-order valence-corrected chi connectivity index (χ1v) is 7.53. The van der Waals surface area contributed by atoms with Crippen molar-refractivity contribution in [3.8, 4) is 5.75 Å². The van der Waals surface area contributed by atoms with Crippen molar-refractivity contribution in [2.24, 2.45) is 0 Å². The number of carbonyl (C=O) groups is 1. The molecule has 0 radical (unpaired) electrons. The van der Waals surface area contributed by atoms with Crippen molar-refractivity contribution in [1.29, 1.82) is 0 Å². The van der Waals surface area contributed by atoms with Crippen LogP contribution in [0.1, 0.15) is 29.1 Å². The molecule has 1 amide bonds. The fourth-order valence-corrected chi connectivity index (χ4v) is 2.62. The third-order valence-corrected chi connectivity index (χ3v) is 3.78. The maximum atomic E-state index is 11.9. The van der Waals surface area contributed by atoms with E-state index in [0.29, 0.717) is 15.8 Å². The fraction of sp³-hybridized carbons (Fsp3) is 0.267. The van der Waals surface area contributed by atoms with Gasteiger partial charge in [0.15, 0.2) is 0 Å². The van der Waals surface area contributed by atoms with Gasteiger partial charge in [0.25, 0.3) is 5.91 Å². The average Bonchev–Trinajstić information content (AvgIpc) is 2.84. The molecule has 0 saturated heterocycles. The number of hydrogen-bond acceptors (Lipinski definition) is 3. The van der Waals surface area contributed by atoms with E-state index in [0.717, 1.165) is 11.3 Å². The number of benzene rings is 1. The summed E-state index contributed by atoms with van der Waals surface area (Å²) in [5, 5.41) is 2.86. The van der Waals surface area contributed by atoms with E-state index in [9.17, 15) is 4.79 Å². The van der Waals surface area contributed by atoms with Crippen molar-refractivity contribution in [1.82, 2.24) is 5.32 Å². The van der Waals surface area contributed by atoms with Crippen LogP contribution in [0.5, 0.6) is 5.75 Å². The molecule has 0 spiro atoms. The maximum Gasteiger partial charge on any atom is 0.261 e. The molecular formula is C15H16ClNO2S.